The Kier molecular flexibility index (Phi) is 6.67. The van der Waals surface area contributed by atoms with Crippen molar-refractivity contribution in [2.75, 3.05) is 14.1 Å². The summed E-state index contributed by atoms with van der Waals surface area (Å²) in [5.74, 6) is 1.66. The van der Waals surface area contributed by atoms with Crippen LogP contribution in [0.25, 0.3) is 0 Å². The molecular weight excluding hydrogens is 330 g/mol. The second-order valence-electron chi connectivity index (χ2n) is 5.31. The van der Waals surface area contributed by atoms with E-state index in [9.17, 15) is 8.78 Å². The minimum Gasteiger partial charge on any atom is -0.435 e. The maximum atomic E-state index is 12.2. The van der Waals surface area contributed by atoms with E-state index in [1.165, 1.54) is 12.1 Å². The average molecular weight is 352 g/mol. The summed E-state index contributed by atoms with van der Waals surface area (Å²) < 4.78 is 30.6. The van der Waals surface area contributed by atoms with Gasteiger partial charge in [0.05, 0.1) is 6.54 Å². The molecule has 0 aliphatic heterocycles. The van der Waals surface area contributed by atoms with Gasteiger partial charge in [-0.3, -0.25) is 4.99 Å². The van der Waals surface area contributed by atoms with E-state index >= 15 is 0 Å². The number of alkyl halides is 2. The van der Waals surface area contributed by atoms with Crippen molar-refractivity contribution in [3.8, 4) is 5.75 Å². The fourth-order valence-electron chi connectivity index (χ4n) is 2.35. The number of ether oxygens (including phenoxy) is 1. The second kappa shape index (κ2) is 8.95. The zero-order valence-electron chi connectivity index (χ0n) is 14.5. The molecule has 0 amide bonds. The Labute approximate surface area is 145 Å². The van der Waals surface area contributed by atoms with E-state index in [2.05, 4.69) is 25.2 Å². The number of hydrogen-bond acceptors (Lipinski definition) is 4. The number of hydrogen-bond donors (Lipinski definition) is 1. The Balaban J connectivity index is 1.92. The number of rotatable bonds is 7. The zero-order chi connectivity index (χ0) is 18.2. The van der Waals surface area contributed by atoms with Gasteiger partial charge >= 0.3 is 6.61 Å². The van der Waals surface area contributed by atoms with Gasteiger partial charge in [0.2, 0.25) is 0 Å². The molecule has 0 saturated heterocycles. The van der Waals surface area contributed by atoms with Gasteiger partial charge in [-0.15, -0.1) is 10.2 Å². The molecule has 2 aromatic rings. The van der Waals surface area contributed by atoms with E-state index in [0.29, 0.717) is 19.0 Å². The Morgan fingerprint density at radius 1 is 1.36 bits per heavy atom. The van der Waals surface area contributed by atoms with Crippen molar-refractivity contribution in [3.05, 3.63) is 42.0 Å². The monoisotopic (exact) mass is 352 g/mol. The Morgan fingerprint density at radius 3 is 2.68 bits per heavy atom. The zero-order valence-corrected chi connectivity index (χ0v) is 14.5. The molecule has 0 bridgehead atoms. The van der Waals surface area contributed by atoms with Crippen molar-refractivity contribution in [2.45, 2.75) is 33.2 Å². The maximum absolute atomic E-state index is 12.2. The number of nitrogens with zero attached hydrogens (tertiary/aromatic N) is 5. The van der Waals surface area contributed by atoms with Crippen molar-refractivity contribution in [1.82, 2.24) is 25.0 Å². The molecule has 1 aromatic heterocycles. The summed E-state index contributed by atoms with van der Waals surface area (Å²) in [4.78, 5) is 6.17. The molecule has 9 heteroatoms. The molecule has 136 valence electrons. The lowest BCUT2D eigenvalue weighted by Gasteiger charge is -2.22. The highest BCUT2D eigenvalue weighted by Crippen LogP contribution is 2.15. The topological polar surface area (TPSA) is 67.6 Å². The summed E-state index contributed by atoms with van der Waals surface area (Å²) in [5.41, 5.74) is 0.948. The van der Waals surface area contributed by atoms with E-state index in [-0.39, 0.29) is 5.75 Å². The number of benzene rings is 1. The molecule has 0 saturated carbocycles. The average Bonchev–Trinajstić information content (AvgIpc) is 3.04. The maximum Gasteiger partial charge on any atom is 0.387 e. The highest BCUT2D eigenvalue weighted by atomic mass is 19.3. The van der Waals surface area contributed by atoms with Crippen LogP contribution in [0, 0.1) is 0 Å². The summed E-state index contributed by atoms with van der Waals surface area (Å²) >= 11 is 0. The van der Waals surface area contributed by atoms with Gasteiger partial charge in [0.25, 0.3) is 0 Å². The lowest BCUT2D eigenvalue weighted by molar-refractivity contribution is -0.0498. The van der Waals surface area contributed by atoms with Crippen LogP contribution in [0.2, 0.25) is 0 Å². The molecule has 1 N–H and O–H groups in total. The largest absolute Gasteiger partial charge is 0.435 e. The van der Waals surface area contributed by atoms with Gasteiger partial charge < -0.3 is 19.5 Å². The molecule has 25 heavy (non-hydrogen) atoms. The van der Waals surface area contributed by atoms with Crippen LogP contribution in [0.1, 0.15) is 18.3 Å². The number of aliphatic imine (C=N–C) groups is 1. The summed E-state index contributed by atoms with van der Waals surface area (Å²) in [6.45, 7) is 1.07. The first kappa shape index (κ1) is 18.6. The Hall–Kier alpha value is -2.71. The summed E-state index contributed by atoms with van der Waals surface area (Å²) in [7, 11) is 3.59. The quantitative estimate of drug-likeness (QED) is 0.611. The van der Waals surface area contributed by atoms with Gasteiger partial charge in [-0.25, -0.2) is 0 Å². The SMILES string of the molecule is CCn1cnnc1CNC(=NC)N(C)Cc1ccc(OC(F)F)cc1. The lowest BCUT2D eigenvalue weighted by Crippen LogP contribution is -2.38. The summed E-state index contributed by atoms with van der Waals surface area (Å²) in [5, 5.41) is 11.2. The van der Waals surface area contributed by atoms with Crippen LogP contribution in [0.15, 0.2) is 35.6 Å². The third kappa shape index (κ3) is 5.40. The van der Waals surface area contributed by atoms with Crippen LogP contribution in [0.5, 0.6) is 5.75 Å². The van der Waals surface area contributed by atoms with Gasteiger partial charge in [-0.2, -0.15) is 8.78 Å². The highest BCUT2D eigenvalue weighted by Gasteiger charge is 2.10. The van der Waals surface area contributed by atoms with Crippen molar-refractivity contribution < 1.29 is 13.5 Å². The minimum absolute atomic E-state index is 0.141. The van der Waals surface area contributed by atoms with Crippen LogP contribution >= 0.6 is 0 Å². The van der Waals surface area contributed by atoms with Gasteiger partial charge in [-0.1, -0.05) is 12.1 Å². The van der Waals surface area contributed by atoms with Gasteiger partial charge in [-0.05, 0) is 24.6 Å². The molecule has 0 spiro atoms. The number of aromatic nitrogens is 3. The molecule has 1 heterocycles. The molecular formula is C16H22F2N6O. The van der Waals surface area contributed by atoms with E-state index in [1.54, 1.807) is 25.5 Å². The minimum atomic E-state index is -2.82. The number of nitrogens with one attached hydrogen (secondary N) is 1. The molecule has 1 aromatic carbocycles. The highest BCUT2D eigenvalue weighted by molar-refractivity contribution is 5.79. The molecule has 0 fully saturated rings. The van der Waals surface area contributed by atoms with Gasteiger partial charge in [0, 0.05) is 27.2 Å². The number of halogens is 2. The van der Waals surface area contributed by atoms with E-state index in [4.69, 9.17) is 0 Å². The Bertz CT molecular complexity index is 686. The predicted octanol–water partition coefficient (Wildman–Crippen LogP) is 2.11. The molecule has 0 radical (unpaired) electrons. The fraction of sp³-hybridized carbons (Fsp3) is 0.438. The number of guanidine groups is 1. The molecule has 7 nitrogen and oxygen atoms in total. The smallest absolute Gasteiger partial charge is 0.387 e. The van der Waals surface area contributed by atoms with Crippen molar-refractivity contribution in [1.29, 1.82) is 0 Å². The Morgan fingerprint density at radius 2 is 2.08 bits per heavy atom. The van der Waals surface area contributed by atoms with Crippen LogP contribution in [-0.4, -0.2) is 46.3 Å². The third-order valence-electron chi connectivity index (χ3n) is 3.58. The van der Waals surface area contributed by atoms with E-state index in [1.807, 2.05) is 23.4 Å². The molecule has 2 rings (SSSR count). The van der Waals surface area contributed by atoms with Crippen LogP contribution in [-0.2, 0) is 19.6 Å². The van der Waals surface area contributed by atoms with Gasteiger partial charge in [0.1, 0.15) is 12.1 Å². The lowest BCUT2D eigenvalue weighted by atomic mass is 10.2. The van der Waals surface area contributed by atoms with E-state index < -0.39 is 6.61 Å². The first-order valence-corrected chi connectivity index (χ1v) is 7.85. The van der Waals surface area contributed by atoms with Crippen molar-refractivity contribution in [2.24, 2.45) is 4.99 Å². The molecule has 0 atom stereocenters. The molecule has 0 aliphatic carbocycles. The summed E-state index contributed by atoms with van der Waals surface area (Å²) in [6.07, 6.45) is 1.69. The number of aryl methyl sites for hydroxylation is 1. The second-order valence-corrected chi connectivity index (χ2v) is 5.31. The van der Waals surface area contributed by atoms with Crippen molar-refractivity contribution in [3.63, 3.8) is 0 Å². The normalized spacial score (nSPS) is 11.7. The van der Waals surface area contributed by atoms with Crippen LogP contribution in [0.4, 0.5) is 8.78 Å². The van der Waals surface area contributed by atoms with E-state index in [0.717, 1.165) is 17.9 Å². The third-order valence-corrected chi connectivity index (χ3v) is 3.58. The van der Waals surface area contributed by atoms with Gasteiger partial charge in [0.15, 0.2) is 11.8 Å². The molecule has 0 unspecified atom stereocenters. The molecule has 0 aliphatic rings. The van der Waals surface area contributed by atoms with Crippen molar-refractivity contribution >= 4 is 5.96 Å². The standard InChI is InChI=1S/C16H22F2N6O/c1-4-24-11-21-22-14(24)9-20-16(19-2)23(3)10-12-5-7-13(8-6-12)25-15(17)18/h5-8,11,15H,4,9-10H2,1-3H3,(H,19,20). The predicted molar refractivity (Wildman–Crippen MR) is 90.4 cm³/mol. The first-order chi connectivity index (χ1) is 12.0. The van der Waals surface area contributed by atoms with Crippen LogP contribution in [0.3, 0.4) is 0 Å². The van der Waals surface area contributed by atoms with Crippen LogP contribution < -0.4 is 10.1 Å². The summed E-state index contributed by atoms with van der Waals surface area (Å²) in [6, 6.07) is 6.54. The first-order valence-electron chi connectivity index (χ1n) is 7.85. The fourth-order valence-corrected chi connectivity index (χ4v) is 2.35.